The molecule has 0 aromatic carbocycles. The molecule has 1 atom stereocenters. The molecule has 104 valence electrons. The van der Waals surface area contributed by atoms with Crippen LogP contribution in [0, 0.1) is 0 Å². The van der Waals surface area contributed by atoms with E-state index < -0.39 is 0 Å². The highest BCUT2D eigenvalue weighted by Gasteiger charge is 2.13. The molecule has 6 heteroatoms. The number of rotatable bonds is 7. The van der Waals surface area contributed by atoms with Crippen molar-refractivity contribution >= 4 is 27.8 Å². The van der Waals surface area contributed by atoms with Crippen LogP contribution in [0.2, 0.25) is 0 Å². The quantitative estimate of drug-likeness (QED) is 0.852. The Labute approximate surface area is 122 Å². The van der Waals surface area contributed by atoms with Crippen LogP contribution in [0.15, 0.2) is 17.5 Å². The smallest absolute Gasteiger partial charge is 0.205 e. The standard InChI is InChI=1S/C13H20N4S2/c1-4-14-13-16-15-12(19-13)9-17(3)10(2)8-11-6-5-7-18-11/h5-7,10H,4,8-9H2,1-3H3,(H,14,16). The second kappa shape index (κ2) is 6.98. The van der Waals surface area contributed by atoms with Crippen LogP contribution >= 0.6 is 22.7 Å². The molecule has 0 aliphatic rings. The first-order valence-electron chi connectivity index (χ1n) is 6.48. The maximum Gasteiger partial charge on any atom is 0.205 e. The maximum absolute atomic E-state index is 4.22. The SMILES string of the molecule is CCNc1nnc(CN(C)C(C)Cc2cccs2)s1. The van der Waals surface area contributed by atoms with Gasteiger partial charge in [0.2, 0.25) is 5.13 Å². The second-order valence-corrected chi connectivity index (χ2v) is 6.67. The van der Waals surface area contributed by atoms with Gasteiger partial charge in [-0.05, 0) is 38.8 Å². The van der Waals surface area contributed by atoms with Crippen LogP contribution in [-0.4, -0.2) is 34.7 Å². The molecule has 0 fully saturated rings. The van der Waals surface area contributed by atoms with E-state index in [1.165, 1.54) is 4.88 Å². The lowest BCUT2D eigenvalue weighted by atomic mass is 10.2. The molecule has 4 nitrogen and oxygen atoms in total. The van der Waals surface area contributed by atoms with E-state index in [0.717, 1.165) is 29.6 Å². The summed E-state index contributed by atoms with van der Waals surface area (Å²) in [6.07, 6.45) is 1.09. The van der Waals surface area contributed by atoms with E-state index in [-0.39, 0.29) is 0 Å². The van der Waals surface area contributed by atoms with Crippen LogP contribution in [0.3, 0.4) is 0 Å². The largest absolute Gasteiger partial charge is 0.360 e. The van der Waals surface area contributed by atoms with Gasteiger partial charge in [0.05, 0.1) is 6.54 Å². The van der Waals surface area contributed by atoms with E-state index in [2.05, 4.69) is 58.8 Å². The van der Waals surface area contributed by atoms with Gasteiger partial charge < -0.3 is 5.32 Å². The molecule has 0 aliphatic carbocycles. The molecular formula is C13H20N4S2. The summed E-state index contributed by atoms with van der Waals surface area (Å²) in [4.78, 5) is 3.76. The minimum atomic E-state index is 0.505. The van der Waals surface area contributed by atoms with Crippen LogP contribution in [0.1, 0.15) is 23.7 Å². The first-order chi connectivity index (χ1) is 9.19. The van der Waals surface area contributed by atoms with Gasteiger partial charge in [-0.3, -0.25) is 4.90 Å². The molecule has 0 saturated carbocycles. The molecule has 19 heavy (non-hydrogen) atoms. The lowest BCUT2D eigenvalue weighted by molar-refractivity contribution is 0.248. The molecule has 0 aliphatic heterocycles. The van der Waals surface area contributed by atoms with Crippen molar-refractivity contribution in [2.45, 2.75) is 32.9 Å². The van der Waals surface area contributed by atoms with Crippen LogP contribution < -0.4 is 5.32 Å². The Kier molecular flexibility index (Phi) is 5.30. The molecular weight excluding hydrogens is 276 g/mol. The molecule has 2 heterocycles. The van der Waals surface area contributed by atoms with Gasteiger partial charge in [-0.2, -0.15) is 0 Å². The number of hydrogen-bond donors (Lipinski definition) is 1. The minimum Gasteiger partial charge on any atom is -0.360 e. The fourth-order valence-electron chi connectivity index (χ4n) is 1.79. The molecule has 0 radical (unpaired) electrons. The molecule has 2 rings (SSSR count). The van der Waals surface area contributed by atoms with Crippen molar-refractivity contribution in [1.29, 1.82) is 0 Å². The number of likely N-dealkylation sites (N-methyl/N-ethyl adjacent to an activating group) is 1. The summed E-state index contributed by atoms with van der Waals surface area (Å²) < 4.78 is 0. The predicted octanol–water partition coefficient (Wildman–Crippen LogP) is 3.09. The summed E-state index contributed by atoms with van der Waals surface area (Å²) in [7, 11) is 2.15. The number of thiophene rings is 1. The first kappa shape index (κ1) is 14.4. The van der Waals surface area contributed by atoms with Gasteiger partial charge in [0.1, 0.15) is 5.01 Å². The van der Waals surface area contributed by atoms with E-state index in [9.17, 15) is 0 Å². The highest BCUT2D eigenvalue weighted by atomic mass is 32.1. The minimum absolute atomic E-state index is 0.505. The number of nitrogens with zero attached hydrogens (tertiary/aromatic N) is 3. The molecule has 0 bridgehead atoms. The van der Waals surface area contributed by atoms with Crippen LogP contribution in [0.25, 0.3) is 0 Å². The lowest BCUT2D eigenvalue weighted by Gasteiger charge is -2.22. The second-order valence-electron chi connectivity index (χ2n) is 4.58. The first-order valence-corrected chi connectivity index (χ1v) is 8.17. The zero-order valence-corrected chi connectivity index (χ0v) is 13.2. The Bertz CT molecular complexity index is 481. The fourth-order valence-corrected chi connectivity index (χ4v) is 3.48. The van der Waals surface area contributed by atoms with Crippen molar-refractivity contribution in [3.05, 3.63) is 27.4 Å². The number of anilines is 1. The zero-order chi connectivity index (χ0) is 13.7. The van der Waals surface area contributed by atoms with Crippen molar-refractivity contribution in [2.75, 3.05) is 18.9 Å². The normalized spacial score (nSPS) is 12.8. The summed E-state index contributed by atoms with van der Waals surface area (Å²) in [6.45, 7) is 6.07. The van der Waals surface area contributed by atoms with E-state index in [1.54, 1.807) is 11.3 Å². The van der Waals surface area contributed by atoms with E-state index in [0.29, 0.717) is 6.04 Å². The summed E-state index contributed by atoms with van der Waals surface area (Å²) in [5.41, 5.74) is 0. The third-order valence-electron chi connectivity index (χ3n) is 3.01. The average Bonchev–Trinajstić information content (AvgIpc) is 3.02. The Hall–Kier alpha value is -0.980. The third kappa shape index (κ3) is 4.26. The zero-order valence-electron chi connectivity index (χ0n) is 11.6. The van der Waals surface area contributed by atoms with Crippen LogP contribution in [0.4, 0.5) is 5.13 Å². The molecule has 2 aromatic heterocycles. The highest BCUT2D eigenvalue weighted by molar-refractivity contribution is 7.15. The van der Waals surface area contributed by atoms with Gasteiger partial charge in [-0.15, -0.1) is 21.5 Å². The molecule has 0 amide bonds. The van der Waals surface area contributed by atoms with Gasteiger partial charge in [0.15, 0.2) is 0 Å². The Morgan fingerprint density at radius 1 is 1.42 bits per heavy atom. The lowest BCUT2D eigenvalue weighted by Crippen LogP contribution is -2.30. The van der Waals surface area contributed by atoms with Crippen molar-refractivity contribution in [3.8, 4) is 0 Å². The van der Waals surface area contributed by atoms with Gasteiger partial charge >= 0.3 is 0 Å². The fraction of sp³-hybridized carbons (Fsp3) is 0.538. The molecule has 0 saturated heterocycles. The third-order valence-corrected chi connectivity index (χ3v) is 4.77. The number of hydrogen-bond acceptors (Lipinski definition) is 6. The topological polar surface area (TPSA) is 41.1 Å². The summed E-state index contributed by atoms with van der Waals surface area (Å²) in [5, 5.41) is 15.7. The van der Waals surface area contributed by atoms with E-state index >= 15 is 0 Å². The van der Waals surface area contributed by atoms with Crippen LogP contribution in [0.5, 0.6) is 0 Å². The van der Waals surface area contributed by atoms with Crippen molar-refractivity contribution in [1.82, 2.24) is 15.1 Å². The predicted molar refractivity (Wildman–Crippen MR) is 83.0 cm³/mol. The van der Waals surface area contributed by atoms with Gasteiger partial charge in [0.25, 0.3) is 0 Å². The molecule has 1 unspecified atom stereocenters. The number of nitrogens with one attached hydrogen (secondary N) is 1. The van der Waals surface area contributed by atoms with E-state index in [4.69, 9.17) is 0 Å². The van der Waals surface area contributed by atoms with Crippen molar-refractivity contribution in [2.24, 2.45) is 0 Å². The monoisotopic (exact) mass is 296 g/mol. The molecule has 0 spiro atoms. The Morgan fingerprint density at radius 3 is 2.95 bits per heavy atom. The summed E-state index contributed by atoms with van der Waals surface area (Å²) >= 11 is 3.46. The van der Waals surface area contributed by atoms with E-state index in [1.807, 2.05) is 11.3 Å². The molecule has 1 N–H and O–H groups in total. The van der Waals surface area contributed by atoms with Crippen molar-refractivity contribution < 1.29 is 0 Å². The Balaban J connectivity index is 1.86. The van der Waals surface area contributed by atoms with Gasteiger partial charge in [-0.1, -0.05) is 17.4 Å². The van der Waals surface area contributed by atoms with Crippen molar-refractivity contribution in [3.63, 3.8) is 0 Å². The van der Waals surface area contributed by atoms with Crippen LogP contribution in [-0.2, 0) is 13.0 Å². The highest BCUT2D eigenvalue weighted by Crippen LogP contribution is 2.19. The average molecular weight is 296 g/mol. The maximum atomic E-state index is 4.22. The van der Waals surface area contributed by atoms with Gasteiger partial charge in [0, 0.05) is 17.5 Å². The molecule has 2 aromatic rings. The summed E-state index contributed by atoms with van der Waals surface area (Å²) in [5.74, 6) is 0. The number of aromatic nitrogens is 2. The Morgan fingerprint density at radius 2 is 2.26 bits per heavy atom. The van der Waals surface area contributed by atoms with Gasteiger partial charge in [-0.25, -0.2) is 0 Å². The summed E-state index contributed by atoms with van der Waals surface area (Å²) in [6, 6.07) is 4.81.